The second kappa shape index (κ2) is 2.34. The van der Waals surface area contributed by atoms with Crippen LogP contribution < -0.4 is 5.73 Å². The van der Waals surface area contributed by atoms with Crippen molar-refractivity contribution in [2.45, 2.75) is 31.8 Å². The third kappa shape index (κ3) is 1.16. The van der Waals surface area contributed by atoms with Crippen molar-refractivity contribution in [3.05, 3.63) is 18.0 Å². The van der Waals surface area contributed by atoms with E-state index in [1.165, 1.54) is 12.8 Å². The van der Waals surface area contributed by atoms with Gasteiger partial charge in [-0.15, -0.1) is 0 Å². The van der Waals surface area contributed by atoms with Gasteiger partial charge in [-0.05, 0) is 25.8 Å². The van der Waals surface area contributed by atoms with E-state index in [4.69, 9.17) is 5.73 Å². The molecule has 2 rings (SSSR count). The summed E-state index contributed by atoms with van der Waals surface area (Å²) in [5.74, 6) is 0. The number of hydrogen-bond acceptors (Lipinski definition) is 2. The molecule has 1 unspecified atom stereocenters. The average molecular weight is 151 g/mol. The third-order valence-corrected chi connectivity index (χ3v) is 2.06. The lowest BCUT2D eigenvalue weighted by Crippen LogP contribution is -2.12. The van der Waals surface area contributed by atoms with Gasteiger partial charge in [-0.3, -0.25) is 4.68 Å². The molecule has 1 fully saturated rings. The van der Waals surface area contributed by atoms with Crippen molar-refractivity contribution in [3.63, 3.8) is 0 Å². The number of nitrogens with two attached hydrogens (primary N) is 1. The lowest BCUT2D eigenvalue weighted by molar-refractivity contribution is 0.576. The standard InChI is InChI=1S/C8H13N3/c1-6(9)8-4-5-10-11(8)7-2-3-7/h4-7H,2-3,9H2,1H3. The number of nitrogens with zero attached hydrogens (tertiary/aromatic N) is 2. The summed E-state index contributed by atoms with van der Waals surface area (Å²) in [4.78, 5) is 0. The van der Waals surface area contributed by atoms with Gasteiger partial charge in [0.1, 0.15) is 0 Å². The Labute approximate surface area is 66.2 Å². The Balaban J connectivity index is 2.30. The van der Waals surface area contributed by atoms with Crippen LogP contribution in [0.4, 0.5) is 0 Å². The summed E-state index contributed by atoms with van der Waals surface area (Å²) in [5, 5.41) is 4.24. The zero-order valence-corrected chi connectivity index (χ0v) is 6.70. The molecule has 0 saturated heterocycles. The van der Waals surface area contributed by atoms with E-state index in [0.29, 0.717) is 6.04 Å². The molecular formula is C8H13N3. The molecule has 1 heterocycles. The minimum atomic E-state index is 0.109. The van der Waals surface area contributed by atoms with Gasteiger partial charge in [0, 0.05) is 12.2 Å². The van der Waals surface area contributed by atoms with Crippen LogP contribution in [0.3, 0.4) is 0 Å². The highest BCUT2D eigenvalue weighted by Gasteiger charge is 2.26. The van der Waals surface area contributed by atoms with Crippen LogP contribution in [0, 0.1) is 0 Å². The summed E-state index contributed by atoms with van der Waals surface area (Å²) in [6, 6.07) is 2.76. The van der Waals surface area contributed by atoms with Crippen molar-refractivity contribution in [2.75, 3.05) is 0 Å². The monoisotopic (exact) mass is 151 g/mol. The van der Waals surface area contributed by atoms with E-state index in [-0.39, 0.29) is 6.04 Å². The van der Waals surface area contributed by atoms with E-state index >= 15 is 0 Å². The Kier molecular flexibility index (Phi) is 1.46. The summed E-state index contributed by atoms with van der Waals surface area (Å²) in [5.41, 5.74) is 6.92. The quantitative estimate of drug-likeness (QED) is 0.691. The van der Waals surface area contributed by atoms with Crippen molar-refractivity contribution in [2.24, 2.45) is 5.73 Å². The van der Waals surface area contributed by atoms with Gasteiger partial charge in [0.05, 0.1) is 11.7 Å². The second-order valence-corrected chi connectivity index (χ2v) is 3.22. The van der Waals surface area contributed by atoms with Crippen LogP contribution in [-0.2, 0) is 0 Å². The van der Waals surface area contributed by atoms with E-state index in [2.05, 4.69) is 9.78 Å². The van der Waals surface area contributed by atoms with Crippen LogP contribution in [0.15, 0.2) is 12.3 Å². The fraction of sp³-hybridized carbons (Fsp3) is 0.625. The molecule has 1 atom stereocenters. The van der Waals surface area contributed by atoms with Crippen molar-refractivity contribution in [1.29, 1.82) is 0 Å². The van der Waals surface area contributed by atoms with E-state index in [0.717, 1.165) is 5.69 Å². The Bertz CT molecular complexity index is 231. The maximum atomic E-state index is 5.76. The predicted octanol–water partition coefficient (Wildman–Crippen LogP) is 1.24. The molecule has 1 aromatic heterocycles. The van der Waals surface area contributed by atoms with Gasteiger partial charge in [-0.1, -0.05) is 0 Å². The Morgan fingerprint density at radius 2 is 2.45 bits per heavy atom. The van der Waals surface area contributed by atoms with Gasteiger partial charge in [0.15, 0.2) is 0 Å². The van der Waals surface area contributed by atoms with Crippen LogP contribution in [0.5, 0.6) is 0 Å². The minimum absolute atomic E-state index is 0.109. The summed E-state index contributed by atoms with van der Waals surface area (Å²) in [6.45, 7) is 2.00. The summed E-state index contributed by atoms with van der Waals surface area (Å²) < 4.78 is 2.06. The maximum absolute atomic E-state index is 5.76. The van der Waals surface area contributed by atoms with E-state index in [1.54, 1.807) is 0 Å². The van der Waals surface area contributed by atoms with Crippen LogP contribution in [-0.4, -0.2) is 9.78 Å². The molecule has 0 amide bonds. The highest BCUT2D eigenvalue weighted by molar-refractivity contribution is 5.07. The molecule has 3 nitrogen and oxygen atoms in total. The Morgan fingerprint density at radius 3 is 3.00 bits per heavy atom. The van der Waals surface area contributed by atoms with Crippen molar-refractivity contribution in [1.82, 2.24) is 9.78 Å². The molecule has 1 aromatic rings. The summed E-state index contributed by atoms with van der Waals surface area (Å²) in [7, 11) is 0. The van der Waals surface area contributed by atoms with Gasteiger partial charge < -0.3 is 5.73 Å². The lowest BCUT2D eigenvalue weighted by atomic mass is 10.2. The third-order valence-electron chi connectivity index (χ3n) is 2.06. The zero-order valence-electron chi connectivity index (χ0n) is 6.70. The highest BCUT2D eigenvalue weighted by Crippen LogP contribution is 2.35. The summed E-state index contributed by atoms with van der Waals surface area (Å²) >= 11 is 0. The largest absolute Gasteiger partial charge is 0.323 e. The highest BCUT2D eigenvalue weighted by atomic mass is 15.3. The van der Waals surface area contributed by atoms with Crippen LogP contribution in [0.25, 0.3) is 0 Å². The topological polar surface area (TPSA) is 43.8 Å². The van der Waals surface area contributed by atoms with Crippen LogP contribution in [0.1, 0.15) is 37.5 Å². The average Bonchev–Trinajstić information content (AvgIpc) is 2.68. The van der Waals surface area contributed by atoms with Gasteiger partial charge in [0.25, 0.3) is 0 Å². The fourth-order valence-electron chi connectivity index (χ4n) is 1.31. The molecule has 11 heavy (non-hydrogen) atoms. The molecule has 0 spiro atoms. The van der Waals surface area contributed by atoms with Gasteiger partial charge in [-0.2, -0.15) is 5.10 Å². The first-order chi connectivity index (χ1) is 5.29. The molecule has 0 aliphatic heterocycles. The van der Waals surface area contributed by atoms with E-state index in [1.807, 2.05) is 19.2 Å². The van der Waals surface area contributed by atoms with Crippen molar-refractivity contribution >= 4 is 0 Å². The van der Waals surface area contributed by atoms with Crippen molar-refractivity contribution < 1.29 is 0 Å². The lowest BCUT2D eigenvalue weighted by Gasteiger charge is -2.07. The predicted molar refractivity (Wildman–Crippen MR) is 43.1 cm³/mol. The molecule has 0 radical (unpaired) electrons. The fourth-order valence-corrected chi connectivity index (χ4v) is 1.31. The Morgan fingerprint density at radius 1 is 1.73 bits per heavy atom. The van der Waals surface area contributed by atoms with E-state index in [9.17, 15) is 0 Å². The molecule has 0 bridgehead atoms. The second-order valence-electron chi connectivity index (χ2n) is 3.22. The number of hydrogen-bond donors (Lipinski definition) is 1. The van der Waals surface area contributed by atoms with Gasteiger partial charge in [-0.25, -0.2) is 0 Å². The van der Waals surface area contributed by atoms with Crippen LogP contribution >= 0.6 is 0 Å². The van der Waals surface area contributed by atoms with Gasteiger partial charge in [0.2, 0.25) is 0 Å². The molecule has 3 heteroatoms. The van der Waals surface area contributed by atoms with Crippen molar-refractivity contribution in [3.8, 4) is 0 Å². The molecule has 60 valence electrons. The zero-order chi connectivity index (χ0) is 7.84. The molecule has 0 aromatic carbocycles. The SMILES string of the molecule is CC(N)c1ccnn1C1CC1. The molecule has 1 aliphatic carbocycles. The van der Waals surface area contributed by atoms with Gasteiger partial charge >= 0.3 is 0 Å². The first kappa shape index (κ1) is 6.85. The normalized spacial score (nSPS) is 20.2. The van der Waals surface area contributed by atoms with Crippen LogP contribution in [0.2, 0.25) is 0 Å². The number of rotatable bonds is 2. The minimum Gasteiger partial charge on any atom is -0.323 e. The summed E-state index contributed by atoms with van der Waals surface area (Å²) in [6.07, 6.45) is 4.36. The first-order valence-corrected chi connectivity index (χ1v) is 4.08. The number of aromatic nitrogens is 2. The maximum Gasteiger partial charge on any atom is 0.0551 e. The molecule has 2 N–H and O–H groups in total. The molecule has 1 saturated carbocycles. The smallest absolute Gasteiger partial charge is 0.0551 e. The Hall–Kier alpha value is -0.830. The molecular weight excluding hydrogens is 138 g/mol. The molecule has 1 aliphatic rings. The first-order valence-electron chi connectivity index (χ1n) is 4.08. The van der Waals surface area contributed by atoms with E-state index < -0.39 is 0 Å².